The van der Waals surface area contributed by atoms with Crippen LogP contribution >= 0.6 is 0 Å². The third kappa shape index (κ3) is 3.34. The van der Waals surface area contributed by atoms with Crippen LogP contribution in [-0.4, -0.2) is 48.5 Å². The number of amides is 3. The fraction of sp³-hybridized carbons (Fsp3) is 0.471. The summed E-state index contributed by atoms with van der Waals surface area (Å²) < 4.78 is 0. The van der Waals surface area contributed by atoms with Crippen molar-refractivity contribution in [3.63, 3.8) is 0 Å². The SMILES string of the molecule is O=C([O-])NC1CCc2ccccc2N(CC(=O)N2CCCC2)C1=O. The molecule has 1 N–H and O–H groups in total. The highest BCUT2D eigenvalue weighted by Gasteiger charge is 2.32. The Morgan fingerprint density at radius 1 is 1.21 bits per heavy atom. The van der Waals surface area contributed by atoms with Crippen LogP contribution in [0, 0.1) is 0 Å². The van der Waals surface area contributed by atoms with Gasteiger partial charge in [-0.2, -0.15) is 0 Å². The molecular formula is C17H20N3O4-. The zero-order valence-corrected chi connectivity index (χ0v) is 13.4. The van der Waals surface area contributed by atoms with Crippen LogP contribution in [0.2, 0.25) is 0 Å². The normalized spacial score (nSPS) is 20.5. The maximum atomic E-state index is 12.8. The summed E-state index contributed by atoms with van der Waals surface area (Å²) in [5.41, 5.74) is 1.61. The van der Waals surface area contributed by atoms with Gasteiger partial charge in [-0.05, 0) is 37.3 Å². The van der Waals surface area contributed by atoms with E-state index in [2.05, 4.69) is 5.32 Å². The highest BCUT2D eigenvalue weighted by Crippen LogP contribution is 2.27. The molecule has 1 unspecified atom stereocenters. The molecule has 3 amide bonds. The molecule has 128 valence electrons. The minimum atomic E-state index is -1.48. The summed E-state index contributed by atoms with van der Waals surface area (Å²) in [6.07, 6.45) is 1.38. The van der Waals surface area contributed by atoms with Crippen molar-refractivity contribution in [3.05, 3.63) is 29.8 Å². The van der Waals surface area contributed by atoms with E-state index in [-0.39, 0.29) is 12.5 Å². The molecule has 0 radical (unpaired) electrons. The lowest BCUT2D eigenvalue weighted by Gasteiger charge is -2.28. The summed E-state index contributed by atoms with van der Waals surface area (Å²) in [6, 6.07) is 6.49. The van der Waals surface area contributed by atoms with Crippen molar-refractivity contribution in [2.75, 3.05) is 24.5 Å². The lowest BCUT2D eigenvalue weighted by molar-refractivity contribution is -0.251. The largest absolute Gasteiger partial charge is 0.530 e. The smallest absolute Gasteiger partial charge is 0.250 e. The van der Waals surface area contributed by atoms with E-state index in [1.165, 1.54) is 4.90 Å². The zero-order valence-electron chi connectivity index (χ0n) is 13.4. The van der Waals surface area contributed by atoms with E-state index in [0.717, 1.165) is 18.4 Å². The first kappa shape index (κ1) is 16.3. The standard InChI is InChI=1S/C17H21N3O4/c21-15(19-9-3-4-10-19)11-20-14-6-2-1-5-12(14)7-8-13(16(20)22)18-17(23)24/h1-2,5-6,13,18H,3-4,7-11H2,(H,23,24)/p-1. The van der Waals surface area contributed by atoms with Crippen LogP contribution in [0.15, 0.2) is 24.3 Å². The van der Waals surface area contributed by atoms with Crippen molar-refractivity contribution in [2.24, 2.45) is 0 Å². The summed E-state index contributed by atoms with van der Waals surface area (Å²) in [5.74, 6) is -0.513. The van der Waals surface area contributed by atoms with Gasteiger partial charge in [0.05, 0.1) is 0 Å². The Labute approximate surface area is 140 Å². The third-order valence-corrected chi connectivity index (χ3v) is 4.59. The Morgan fingerprint density at radius 2 is 1.92 bits per heavy atom. The number of anilines is 1. The molecule has 1 saturated heterocycles. The molecule has 2 aliphatic heterocycles. The fourth-order valence-electron chi connectivity index (χ4n) is 3.36. The molecular weight excluding hydrogens is 310 g/mol. The van der Waals surface area contributed by atoms with Crippen molar-refractivity contribution in [1.29, 1.82) is 0 Å². The molecule has 1 aromatic rings. The molecule has 1 fully saturated rings. The molecule has 3 rings (SSSR count). The molecule has 24 heavy (non-hydrogen) atoms. The molecule has 1 atom stereocenters. The second-order valence-electron chi connectivity index (χ2n) is 6.16. The predicted molar refractivity (Wildman–Crippen MR) is 85.2 cm³/mol. The first-order chi connectivity index (χ1) is 11.6. The van der Waals surface area contributed by atoms with Crippen LogP contribution in [0.4, 0.5) is 10.5 Å². The number of rotatable bonds is 3. The average molecular weight is 330 g/mol. The number of nitrogens with one attached hydrogen (secondary N) is 1. The lowest BCUT2D eigenvalue weighted by Crippen LogP contribution is -2.53. The molecule has 0 saturated carbocycles. The molecule has 7 heteroatoms. The summed E-state index contributed by atoms with van der Waals surface area (Å²) in [5, 5.41) is 13.0. The van der Waals surface area contributed by atoms with Gasteiger partial charge in [0.1, 0.15) is 18.7 Å². The Kier molecular flexibility index (Phi) is 4.69. The fourth-order valence-corrected chi connectivity index (χ4v) is 3.36. The van der Waals surface area contributed by atoms with Crippen LogP contribution in [0.25, 0.3) is 0 Å². The van der Waals surface area contributed by atoms with Crippen molar-refractivity contribution in [2.45, 2.75) is 31.7 Å². The molecule has 2 aliphatic rings. The maximum Gasteiger partial charge on any atom is 0.250 e. The second kappa shape index (κ2) is 6.90. The first-order valence-electron chi connectivity index (χ1n) is 8.21. The van der Waals surface area contributed by atoms with Gasteiger partial charge in [0, 0.05) is 18.8 Å². The summed E-state index contributed by atoms with van der Waals surface area (Å²) in [4.78, 5) is 39.3. The van der Waals surface area contributed by atoms with E-state index in [9.17, 15) is 19.5 Å². The van der Waals surface area contributed by atoms with E-state index < -0.39 is 18.0 Å². The Morgan fingerprint density at radius 3 is 2.62 bits per heavy atom. The monoisotopic (exact) mass is 330 g/mol. The van der Waals surface area contributed by atoms with E-state index in [1.807, 2.05) is 18.2 Å². The lowest BCUT2D eigenvalue weighted by atomic mass is 10.1. The number of carboxylic acid groups (broad SMARTS) is 1. The van der Waals surface area contributed by atoms with Crippen LogP contribution < -0.4 is 15.3 Å². The number of hydrogen-bond donors (Lipinski definition) is 1. The summed E-state index contributed by atoms with van der Waals surface area (Å²) >= 11 is 0. The molecule has 0 aromatic heterocycles. The third-order valence-electron chi connectivity index (χ3n) is 4.59. The predicted octanol–water partition coefficient (Wildman–Crippen LogP) is -0.110. The maximum absolute atomic E-state index is 12.8. The minimum Gasteiger partial charge on any atom is -0.530 e. The number of fused-ring (bicyclic) bond motifs is 1. The van der Waals surface area contributed by atoms with E-state index in [0.29, 0.717) is 31.6 Å². The van der Waals surface area contributed by atoms with Crippen LogP contribution in [0.5, 0.6) is 0 Å². The summed E-state index contributed by atoms with van der Waals surface area (Å²) in [7, 11) is 0. The zero-order chi connectivity index (χ0) is 17.1. The topological polar surface area (TPSA) is 92.8 Å². The number of nitrogens with zero attached hydrogens (tertiary/aromatic N) is 2. The van der Waals surface area contributed by atoms with Gasteiger partial charge in [-0.25, -0.2) is 0 Å². The molecule has 7 nitrogen and oxygen atoms in total. The van der Waals surface area contributed by atoms with Gasteiger partial charge in [-0.15, -0.1) is 0 Å². The highest BCUT2D eigenvalue weighted by atomic mass is 16.4. The van der Waals surface area contributed by atoms with Crippen LogP contribution in [0.1, 0.15) is 24.8 Å². The Balaban J connectivity index is 1.87. The number of benzene rings is 1. The van der Waals surface area contributed by atoms with Gasteiger partial charge < -0.3 is 25.0 Å². The van der Waals surface area contributed by atoms with Crippen molar-refractivity contribution in [1.82, 2.24) is 10.2 Å². The molecule has 0 bridgehead atoms. The van der Waals surface area contributed by atoms with Crippen molar-refractivity contribution < 1.29 is 19.5 Å². The van der Waals surface area contributed by atoms with E-state index in [1.54, 1.807) is 11.0 Å². The Bertz CT molecular complexity index is 655. The number of likely N-dealkylation sites (tertiary alicyclic amines) is 1. The Hall–Kier alpha value is -2.57. The average Bonchev–Trinajstić information content (AvgIpc) is 3.07. The van der Waals surface area contributed by atoms with E-state index >= 15 is 0 Å². The van der Waals surface area contributed by atoms with Gasteiger partial charge in [0.2, 0.25) is 11.8 Å². The summed E-state index contributed by atoms with van der Waals surface area (Å²) in [6.45, 7) is 1.35. The molecule has 2 heterocycles. The van der Waals surface area contributed by atoms with Gasteiger partial charge in [-0.3, -0.25) is 9.59 Å². The van der Waals surface area contributed by atoms with Gasteiger partial charge in [-0.1, -0.05) is 18.2 Å². The van der Waals surface area contributed by atoms with Crippen molar-refractivity contribution in [3.8, 4) is 0 Å². The number of carbonyl (C=O) groups excluding carboxylic acids is 3. The first-order valence-corrected chi connectivity index (χ1v) is 8.21. The van der Waals surface area contributed by atoms with Crippen molar-refractivity contribution >= 4 is 23.6 Å². The second-order valence-corrected chi connectivity index (χ2v) is 6.16. The quantitative estimate of drug-likeness (QED) is 0.837. The number of carbonyl (C=O) groups is 3. The van der Waals surface area contributed by atoms with Crippen LogP contribution in [0.3, 0.4) is 0 Å². The minimum absolute atomic E-state index is 0.0684. The highest BCUT2D eigenvalue weighted by molar-refractivity contribution is 6.03. The van der Waals surface area contributed by atoms with E-state index in [4.69, 9.17) is 0 Å². The number of hydrogen-bond acceptors (Lipinski definition) is 4. The molecule has 0 spiro atoms. The molecule has 1 aromatic carbocycles. The molecule has 0 aliphatic carbocycles. The number of para-hydroxylation sites is 1. The van der Waals surface area contributed by atoms with Gasteiger partial charge in [0.25, 0.3) is 0 Å². The van der Waals surface area contributed by atoms with Gasteiger partial charge in [0.15, 0.2) is 0 Å². The van der Waals surface area contributed by atoms with Gasteiger partial charge >= 0.3 is 0 Å². The number of aryl methyl sites for hydroxylation is 1. The van der Waals surface area contributed by atoms with Crippen LogP contribution in [-0.2, 0) is 16.0 Å².